The average Bonchev–Trinajstić information content (AvgIpc) is 3.46. The summed E-state index contributed by atoms with van der Waals surface area (Å²) in [5.74, 6) is 0. The van der Waals surface area contributed by atoms with Crippen LogP contribution < -0.4 is 0 Å². The van der Waals surface area contributed by atoms with E-state index >= 15 is 0 Å². The molecule has 1 heteroatoms. The molecule has 43 heavy (non-hydrogen) atoms. The van der Waals surface area contributed by atoms with Gasteiger partial charge in [-0.3, -0.25) is 0 Å². The molecule has 0 aliphatic heterocycles. The number of para-hydroxylation sites is 2. The van der Waals surface area contributed by atoms with Gasteiger partial charge < -0.3 is 4.42 Å². The van der Waals surface area contributed by atoms with E-state index in [4.69, 9.17) is 4.42 Å². The fourth-order valence-corrected chi connectivity index (χ4v) is 7.05. The number of rotatable bonds is 3. The summed E-state index contributed by atoms with van der Waals surface area (Å²) in [6.45, 7) is 0. The molecule has 0 saturated heterocycles. The summed E-state index contributed by atoms with van der Waals surface area (Å²) in [7, 11) is 0. The highest BCUT2D eigenvalue weighted by molar-refractivity contribution is 6.26. The van der Waals surface area contributed by atoms with Crippen molar-refractivity contribution in [3.63, 3.8) is 0 Å². The molecule has 8 aromatic carbocycles. The minimum Gasteiger partial charge on any atom is -0.455 e. The molecule has 0 aliphatic carbocycles. The van der Waals surface area contributed by atoms with E-state index in [2.05, 4.69) is 152 Å². The predicted molar refractivity (Wildman–Crippen MR) is 183 cm³/mol. The normalized spacial score (nSPS) is 11.7. The Labute approximate surface area is 249 Å². The van der Waals surface area contributed by atoms with Crippen LogP contribution >= 0.6 is 0 Å². The molecule has 0 N–H and O–H groups in total. The van der Waals surface area contributed by atoms with Crippen LogP contribution in [-0.2, 0) is 0 Å². The van der Waals surface area contributed by atoms with Crippen molar-refractivity contribution in [3.8, 4) is 33.4 Å². The molecule has 0 atom stereocenters. The SMILES string of the molecule is c1ccc(-c2cccc3c(-c4c5ccccc5c(-c5cccc6c5oc5ccccc56)c5ccccc45)cccc23)cc1. The Kier molecular flexibility index (Phi) is 5.27. The summed E-state index contributed by atoms with van der Waals surface area (Å²) in [5.41, 5.74) is 9.18. The molecule has 9 rings (SSSR count). The van der Waals surface area contributed by atoms with Crippen molar-refractivity contribution >= 4 is 54.3 Å². The first kappa shape index (κ1) is 24.0. The molecule has 0 unspecified atom stereocenters. The Morgan fingerprint density at radius 3 is 1.37 bits per heavy atom. The van der Waals surface area contributed by atoms with Crippen LogP contribution in [0.2, 0.25) is 0 Å². The van der Waals surface area contributed by atoms with E-state index in [0.717, 1.165) is 27.5 Å². The van der Waals surface area contributed by atoms with Crippen LogP contribution in [0.25, 0.3) is 87.6 Å². The summed E-state index contributed by atoms with van der Waals surface area (Å²) in [4.78, 5) is 0. The summed E-state index contributed by atoms with van der Waals surface area (Å²) < 4.78 is 6.56. The largest absolute Gasteiger partial charge is 0.455 e. The molecule has 0 radical (unpaired) electrons. The van der Waals surface area contributed by atoms with Crippen molar-refractivity contribution in [2.24, 2.45) is 0 Å². The second-order valence-electron chi connectivity index (χ2n) is 11.2. The maximum atomic E-state index is 6.56. The minimum absolute atomic E-state index is 0.917. The zero-order valence-electron chi connectivity index (χ0n) is 23.4. The van der Waals surface area contributed by atoms with Gasteiger partial charge in [-0.2, -0.15) is 0 Å². The highest BCUT2D eigenvalue weighted by atomic mass is 16.3. The number of fused-ring (bicyclic) bond motifs is 6. The summed E-state index contributed by atoms with van der Waals surface area (Å²) in [5, 5.41) is 9.73. The van der Waals surface area contributed by atoms with Gasteiger partial charge in [-0.25, -0.2) is 0 Å². The van der Waals surface area contributed by atoms with Gasteiger partial charge >= 0.3 is 0 Å². The van der Waals surface area contributed by atoms with E-state index in [-0.39, 0.29) is 0 Å². The van der Waals surface area contributed by atoms with Gasteiger partial charge in [-0.05, 0) is 60.6 Å². The maximum absolute atomic E-state index is 6.56. The summed E-state index contributed by atoms with van der Waals surface area (Å²) in [6.07, 6.45) is 0. The first-order valence-corrected chi connectivity index (χ1v) is 14.8. The van der Waals surface area contributed by atoms with E-state index in [9.17, 15) is 0 Å². The second-order valence-corrected chi connectivity index (χ2v) is 11.2. The fraction of sp³-hybridized carbons (Fsp3) is 0. The molecule has 0 aliphatic rings. The highest BCUT2D eigenvalue weighted by Gasteiger charge is 2.21. The lowest BCUT2D eigenvalue weighted by Crippen LogP contribution is -1.92. The van der Waals surface area contributed by atoms with Crippen LogP contribution in [0, 0.1) is 0 Å². The van der Waals surface area contributed by atoms with E-state index in [1.54, 1.807) is 0 Å². The molecule has 0 amide bonds. The predicted octanol–water partition coefficient (Wildman–Crippen LogP) is 12.0. The van der Waals surface area contributed by atoms with Gasteiger partial charge in [0.05, 0.1) is 0 Å². The average molecular weight is 547 g/mol. The molecule has 200 valence electrons. The summed E-state index contributed by atoms with van der Waals surface area (Å²) >= 11 is 0. The first-order chi connectivity index (χ1) is 21.4. The molecule has 0 bridgehead atoms. The highest BCUT2D eigenvalue weighted by Crippen LogP contribution is 2.48. The zero-order valence-corrected chi connectivity index (χ0v) is 23.4. The van der Waals surface area contributed by atoms with Crippen LogP contribution in [0.1, 0.15) is 0 Å². The number of furan rings is 1. The van der Waals surface area contributed by atoms with Gasteiger partial charge in [0.2, 0.25) is 0 Å². The van der Waals surface area contributed by atoms with Crippen molar-refractivity contribution in [2.45, 2.75) is 0 Å². The van der Waals surface area contributed by atoms with Gasteiger partial charge in [0.25, 0.3) is 0 Å². The minimum atomic E-state index is 0.917. The smallest absolute Gasteiger partial charge is 0.143 e. The van der Waals surface area contributed by atoms with Crippen molar-refractivity contribution in [1.82, 2.24) is 0 Å². The van der Waals surface area contributed by atoms with E-state index in [1.807, 2.05) is 6.07 Å². The molecule has 9 aromatic rings. The Balaban J connectivity index is 1.41. The standard InChI is InChI=1S/C42H26O/c1-2-13-27(14-3-1)28-20-10-22-30-29(28)21-11-23-32(30)40-33-16-4-6-18-35(33)41(36-19-7-5-17-34(36)40)38-25-12-24-37-31-15-8-9-26-39(31)43-42(37)38/h1-26H. The van der Waals surface area contributed by atoms with Gasteiger partial charge in [-0.15, -0.1) is 0 Å². The number of hydrogen-bond donors (Lipinski definition) is 0. The molecule has 1 heterocycles. The quantitative estimate of drug-likeness (QED) is 0.201. The topological polar surface area (TPSA) is 13.1 Å². The maximum Gasteiger partial charge on any atom is 0.143 e. The lowest BCUT2D eigenvalue weighted by atomic mass is 9.84. The van der Waals surface area contributed by atoms with Gasteiger partial charge in [0, 0.05) is 21.9 Å². The summed E-state index contributed by atoms with van der Waals surface area (Å²) in [6, 6.07) is 56.7. The van der Waals surface area contributed by atoms with Gasteiger partial charge in [0.15, 0.2) is 0 Å². The van der Waals surface area contributed by atoms with Crippen LogP contribution in [0.15, 0.2) is 162 Å². The molecule has 1 nitrogen and oxygen atoms in total. The monoisotopic (exact) mass is 546 g/mol. The molecular formula is C42H26O. The zero-order chi connectivity index (χ0) is 28.3. The third-order valence-electron chi connectivity index (χ3n) is 8.88. The Hall–Kier alpha value is -5.66. The van der Waals surface area contributed by atoms with Crippen LogP contribution in [0.4, 0.5) is 0 Å². The Bertz CT molecular complexity index is 2440. The van der Waals surface area contributed by atoms with Crippen molar-refractivity contribution in [1.29, 1.82) is 0 Å². The molecular weight excluding hydrogens is 520 g/mol. The van der Waals surface area contributed by atoms with E-state index < -0.39 is 0 Å². The number of hydrogen-bond acceptors (Lipinski definition) is 1. The van der Waals surface area contributed by atoms with Crippen molar-refractivity contribution in [2.75, 3.05) is 0 Å². The van der Waals surface area contributed by atoms with Crippen molar-refractivity contribution < 1.29 is 4.42 Å². The molecule has 0 spiro atoms. The van der Waals surface area contributed by atoms with E-state index in [0.29, 0.717) is 0 Å². The lowest BCUT2D eigenvalue weighted by molar-refractivity contribution is 0.670. The lowest BCUT2D eigenvalue weighted by Gasteiger charge is -2.19. The Morgan fingerprint density at radius 2 is 0.721 bits per heavy atom. The molecule has 1 aromatic heterocycles. The van der Waals surface area contributed by atoms with Crippen LogP contribution in [0.5, 0.6) is 0 Å². The third kappa shape index (κ3) is 3.58. The van der Waals surface area contributed by atoms with Crippen LogP contribution in [0.3, 0.4) is 0 Å². The van der Waals surface area contributed by atoms with Crippen molar-refractivity contribution in [3.05, 3.63) is 158 Å². The number of benzene rings is 8. The third-order valence-corrected chi connectivity index (χ3v) is 8.88. The first-order valence-electron chi connectivity index (χ1n) is 14.8. The van der Waals surface area contributed by atoms with Gasteiger partial charge in [0.1, 0.15) is 11.2 Å². The molecule has 0 fully saturated rings. The fourth-order valence-electron chi connectivity index (χ4n) is 7.05. The second kappa shape index (κ2) is 9.44. The molecule has 0 saturated carbocycles. The van der Waals surface area contributed by atoms with Crippen LogP contribution in [-0.4, -0.2) is 0 Å². The van der Waals surface area contributed by atoms with Gasteiger partial charge in [-0.1, -0.05) is 152 Å². The van der Waals surface area contributed by atoms with E-state index in [1.165, 1.54) is 60.1 Å². The Morgan fingerprint density at radius 1 is 0.279 bits per heavy atom.